The van der Waals surface area contributed by atoms with E-state index in [-0.39, 0.29) is 31.6 Å². The highest BCUT2D eigenvalue weighted by Gasteiger charge is 2.19. The van der Waals surface area contributed by atoms with Crippen molar-refractivity contribution in [3.63, 3.8) is 0 Å². The third-order valence-corrected chi connectivity index (χ3v) is 14.4. The predicted molar refractivity (Wildman–Crippen MR) is 353 cm³/mol. The van der Waals surface area contributed by atoms with Gasteiger partial charge in [0.1, 0.15) is 13.2 Å². The van der Waals surface area contributed by atoms with Crippen LogP contribution >= 0.6 is 0 Å². The summed E-state index contributed by atoms with van der Waals surface area (Å²) in [5.41, 5.74) is 0. The number of allylic oxidation sites excluding steroid dienone is 20. The summed E-state index contributed by atoms with van der Waals surface area (Å²) < 4.78 is 16.8. The van der Waals surface area contributed by atoms with E-state index in [2.05, 4.69) is 136 Å². The molecule has 0 bridgehead atoms. The van der Waals surface area contributed by atoms with Crippen LogP contribution < -0.4 is 0 Å². The lowest BCUT2D eigenvalue weighted by Crippen LogP contribution is -2.30. The Labute approximate surface area is 501 Å². The first kappa shape index (κ1) is 76.8. The molecule has 0 amide bonds. The van der Waals surface area contributed by atoms with Crippen molar-refractivity contribution in [3.8, 4) is 0 Å². The van der Waals surface area contributed by atoms with Crippen LogP contribution in [0.3, 0.4) is 0 Å². The number of carbonyl (C=O) groups excluding carboxylic acids is 3. The van der Waals surface area contributed by atoms with Gasteiger partial charge in [-0.3, -0.25) is 14.4 Å². The molecule has 0 heterocycles. The van der Waals surface area contributed by atoms with Gasteiger partial charge in [-0.25, -0.2) is 0 Å². The zero-order chi connectivity index (χ0) is 58.5. The molecule has 0 aromatic heterocycles. The Morgan fingerprint density at radius 1 is 0.259 bits per heavy atom. The Hall–Kier alpha value is -4.19. The zero-order valence-electron chi connectivity index (χ0n) is 53.0. The monoisotopic (exact) mass is 1120 g/mol. The second kappa shape index (κ2) is 68.3. The maximum atomic E-state index is 12.9. The number of esters is 3. The molecule has 0 aromatic carbocycles. The number of unbranched alkanes of at least 4 members (excludes halogenated alkanes) is 30. The summed E-state index contributed by atoms with van der Waals surface area (Å²) in [7, 11) is 0. The molecular weight excluding hydrogens is 997 g/mol. The largest absolute Gasteiger partial charge is 0.462 e. The van der Waals surface area contributed by atoms with Gasteiger partial charge < -0.3 is 14.2 Å². The lowest BCUT2D eigenvalue weighted by atomic mass is 10.0. The summed E-state index contributed by atoms with van der Waals surface area (Å²) >= 11 is 0. The molecule has 0 radical (unpaired) electrons. The second-order valence-electron chi connectivity index (χ2n) is 22.3. The summed E-state index contributed by atoms with van der Waals surface area (Å²) in [6, 6.07) is 0. The minimum absolute atomic E-state index is 0.118. The van der Waals surface area contributed by atoms with Crippen molar-refractivity contribution in [1.82, 2.24) is 0 Å². The standard InChI is InChI=1S/C75H126O6/c1-4-7-10-13-16-19-22-25-27-29-31-32-33-34-35-36-37-38-39-40-41-42-44-45-47-50-53-56-59-62-65-68-74(77)80-71-72(70-79-73(76)67-64-61-58-55-52-49-24-21-18-15-12-9-6-3)81-75(78)69-66-63-60-57-54-51-48-46-43-30-28-26-23-20-17-14-11-8-5-2/h8-9,11-12,17-18,20-21,26,28-29,31,43,46,49,51-52,54,60,63,72H,4-7,10,13-16,19,22-25,27,30,32-42,44-45,47-48,50,53,55-59,61-62,64-71H2,1-3H3/b11-8-,12-9-,20-17-,21-18-,28-26-,31-29-,46-43-,52-49-,54-51-,63-60-. The smallest absolute Gasteiger partial charge is 0.306 e. The molecule has 1 atom stereocenters. The van der Waals surface area contributed by atoms with Crippen molar-refractivity contribution in [2.24, 2.45) is 0 Å². The molecule has 6 nitrogen and oxygen atoms in total. The van der Waals surface area contributed by atoms with Crippen molar-refractivity contribution in [2.45, 2.75) is 322 Å². The van der Waals surface area contributed by atoms with Gasteiger partial charge in [0.25, 0.3) is 0 Å². The molecule has 0 spiro atoms. The summed E-state index contributed by atoms with van der Waals surface area (Å²) in [4.78, 5) is 38.3. The first-order valence-corrected chi connectivity index (χ1v) is 34.0. The fourth-order valence-electron chi connectivity index (χ4n) is 9.42. The van der Waals surface area contributed by atoms with Crippen LogP contribution in [0.15, 0.2) is 122 Å². The summed E-state index contributed by atoms with van der Waals surface area (Å²) in [5.74, 6) is -1.03. The van der Waals surface area contributed by atoms with Gasteiger partial charge in [0.05, 0.1) is 0 Å². The molecule has 0 saturated heterocycles. The highest BCUT2D eigenvalue weighted by molar-refractivity contribution is 5.71. The molecule has 81 heavy (non-hydrogen) atoms. The van der Waals surface area contributed by atoms with E-state index < -0.39 is 12.1 Å². The van der Waals surface area contributed by atoms with Crippen LogP contribution in [-0.2, 0) is 28.6 Å². The second-order valence-corrected chi connectivity index (χ2v) is 22.3. The Morgan fingerprint density at radius 2 is 0.506 bits per heavy atom. The zero-order valence-corrected chi connectivity index (χ0v) is 53.0. The maximum absolute atomic E-state index is 12.9. The Morgan fingerprint density at radius 3 is 0.827 bits per heavy atom. The van der Waals surface area contributed by atoms with E-state index in [4.69, 9.17) is 14.2 Å². The Kier molecular flexibility index (Phi) is 64.8. The third-order valence-electron chi connectivity index (χ3n) is 14.4. The fourth-order valence-corrected chi connectivity index (χ4v) is 9.42. The number of hydrogen-bond acceptors (Lipinski definition) is 6. The summed E-state index contributed by atoms with van der Waals surface area (Å²) in [6.07, 6.45) is 95.4. The quantitative estimate of drug-likeness (QED) is 0.0261. The van der Waals surface area contributed by atoms with E-state index >= 15 is 0 Å². The first-order valence-electron chi connectivity index (χ1n) is 34.0. The third kappa shape index (κ3) is 66.5. The van der Waals surface area contributed by atoms with E-state index in [1.165, 1.54) is 167 Å². The fraction of sp³-hybridized carbons (Fsp3) is 0.693. The molecule has 462 valence electrons. The highest BCUT2D eigenvalue weighted by atomic mass is 16.6. The molecule has 1 unspecified atom stereocenters. The molecule has 6 heteroatoms. The van der Waals surface area contributed by atoms with E-state index in [0.29, 0.717) is 19.3 Å². The van der Waals surface area contributed by atoms with E-state index in [0.717, 1.165) is 103 Å². The average molecular weight is 1120 g/mol. The molecular formula is C75H126O6. The Bertz CT molecular complexity index is 1670. The van der Waals surface area contributed by atoms with Gasteiger partial charge >= 0.3 is 17.9 Å². The van der Waals surface area contributed by atoms with Crippen LogP contribution in [0.2, 0.25) is 0 Å². The topological polar surface area (TPSA) is 78.9 Å². The van der Waals surface area contributed by atoms with Crippen LogP contribution in [0.1, 0.15) is 316 Å². The molecule has 0 aromatic rings. The molecule has 0 rings (SSSR count). The SMILES string of the molecule is CC/C=C\C/C=C\C/C=C\C/C=C\C/C=C\C/C=C\CCC(=O)OC(COC(=O)CCCCC/C=C\C/C=C\C/C=C\CC)COC(=O)CCCCCCCCCCCCCCCCCCCCC/C=C\CCCCCCCCCC. The van der Waals surface area contributed by atoms with Gasteiger partial charge in [-0.05, 0) is 116 Å². The first-order chi connectivity index (χ1) is 40.0. The summed E-state index contributed by atoms with van der Waals surface area (Å²) in [6.45, 7) is 6.34. The molecule has 0 saturated carbocycles. The predicted octanol–water partition coefficient (Wildman–Crippen LogP) is 23.6. The Balaban J connectivity index is 4.29. The van der Waals surface area contributed by atoms with Crippen molar-refractivity contribution in [2.75, 3.05) is 13.2 Å². The number of hydrogen-bond donors (Lipinski definition) is 0. The summed E-state index contributed by atoms with van der Waals surface area (Å²) in [5, 5.41) is 0. The van der Waals surface area contributed by atoms with Crippen molar-refractivity contribution < 1.29 is 28.6 Å². The van der Waals surface area contributed by atoms with Crippen LogP contribution in [0.4, 0.5) is 0 Å². The van der Waals surface area contributed by atoms with Gasteiger partial charge in [0, 0.05) is 19.3 Å². The minimum Gasteiger partial charge on any atom is -0.462 e. The van der Waals surface area contributed by atoms with Crippen LogP contribution in [0, 0.1) is 0 Å². The van der Waals surface area contributed by atoms with Gasteiger partial charge in [0.2, 0.25) is 0 Å². The average Bonchev–Trinajstić information content (AvgIpc) is 3.46. The van der Waals surface area contributed by atoms with Gasteiger partial charge in [0.15, 0.2) is 6.10 Å². The van der Waals surface area contributed by atoms with Crippen molar-refractivity contribution >= 4 is 17.9 Å². The van der Waals surface area contributed by atoms with Crippen molar-refractivity contribution in [1.29, 1.82) is 0 Å². The van der Waals surface area contributed by atoms with Crippen LogP contribution in [0.25, 0.3) is 0 Å². The maximum Gasteiger partial charge on any atom is 0.306 e. The minimum atomic E-state index is -0.834. The molecule has 0 fully saturated rings. The van der Waals surface area contributed by atoms with E-state index in [1.807, 2.05) is 6.08 Å². The van der Waals surface area contributed by atoms with Gasteiger partial charge in [-0.1, -0.05) is 303 Å². The lowest BCUT2D eigenvalue weighted by Gasteiger charge is -2.18. The van der Waals surface area contributed by atoms with Crippen LogP contribution in [0.5, 0.6) is 0 Å². The van der Waals surface area contributed by atoms with Crippen LogP contribution in [-0.4, -0.2) is 37.2 Å². The normalized spacial score (nSPS) is 12.9. The lowest BCUT2D eigenvalue weighted by molar-refractivity contribution is -0.166. The highest BCUT2D eigenvalue weighted by Crippen LogP contribution is 2.17. The molecule has 0 aliphatic heterocycles. The van der Waals surface area contributed by atoms with Gasteiger partial charge in [-0.15, -0.1) is 0 Å². The number of carbonyl (C=O) groups is 3. The van der Waals surface area contributed by atoms with E-state index in [1.54, 1.807) is 0 Å². The van der Waals surface area contributed by atoms with Crippen molar-refractivity contribution in [3.05, 3.63) is 122 Å². The molecule has 0 N–H and O–H groups in total. The molecule has 0 aliphatic rings. The number of ether oxygens (including phenoxy) is 3. The number of rotatable bonds is 61. The molecule has 0 aliphatic carbocycles. The van der Waals surface area contributed by atoms with Gasteiger partial charge in [-0.2, -0.15) is 0 Å². The van der Waals surface area contributed by atoms with E-state index in [9.17, 15) is 14.4 Å².